The van der Waals surface area contributed by atoms with E-state index in [2.05, 4.69) is 4.98 Å². The predicted octanol–water partition coefficient (Wildman–Crippen LogP) is 6.61. The number of anilines is 1. The summed E-state index contributed by atoms with van der Waals surface area (Å²) in [5.74, 6) is -0.387. The molecule has 1 amide bonds. The van der Waals surface area contributed by atoms with Gasteiger partial charge in [-0.1, -0.05) is 29.3 Å². The van der Waals surface area contributed by atoms with Crippen molar-refractivity contribution >= 4 is 74.6 Å². The topological polar surface area (TPSA) is 59.9 Å². The number of rotatable bonds is 4. The molecular weight excluding hydrogens is 433 g/mol. The Hall–Kier alpha value is -2.17. The van der Waals surface area contributed by atoms with Gasteiger partial charge in [-0.2, -0.15) is 5.26 Å². The van der Waals surface area contributed by atoms with Crippen molar-refractivity contribution in [2.24, 2.45) is 0 Å². The maximum Gasteiger partial charge on any atom is 0.269 e. The lowest BCUT2D eigenvalue weighted by molar-refractivity contribution is -0.115. The van der Waals surface area contributed by atoms with Gasteiger partial charge in [0.2, 0.25) is 0 Å². The van der Waals surface area contributed by atoms with Crippen LogP contribution in [0.25, 0.3) is 16.3 Å². The van der Waals surface area contributed by atoms with Crippen LogP contribution in [0.5, 0.6) is 0 Å². The molecule has 2 aromatic carbocycles. The molecule has 142 valence electrons. The van der Waals surface area contributed by atoms with Crippen LogP contribution in [0.1, 0.15) is 19.4 Å². The van der Waals surface area contributed by atoms with Crippen LogP contribution >= 0.6 is 46.8 Å². The van der Waals surface area contributed by atoms with E-state index in [9.17, 15) is 10.1 Å². The molecule has 28 heavy (non-hydrogen) atoms. The Morgan fingerprint density at radius 3 is 2.64 bits per heavy atom. The summed E-state index contributed by atoms with van der Waals surface area (Å²) in [4.78, 5) is 17.9. The van der Waals surface area contributed by atoms with Crippen LogP contribution in [0.2, 0.25) is 10.0 Å². The summed E-state index contributed by atoms with van der Waals surface area (Å²) >= 11 is 18.6. The van der Waals surface area contributed by atoms with Gasteiger partial charge >= 0.3 is 0 Å². The monoisotopic (exact) mass is 447 g/mol. The Morgan fingerprint density at radius 1 is 1.25 bits per heavy atom. The first kappa shape index (κ1) is 20.6. The molecule has 0 fully saturated rings. The minimum atomic E-state index is -0.387. The molecule has 0 unspecified atom stereocenters. The molecule has 0 saturated carbocycles. The second-order valence-corrected chi connectivity index (χ2v) is 8.84. The molecule has 0 bridgehead atoms. The predicted molar refractivity (Wildman–Crippen MR) is 120 cm³/mol. The lowest BCUT2D eigenvalue weighted by atomic mass is 10.1. The van der Waals surface area contributed by atoms with E-state index in [1.165, 1.54) is 17.4 Å². The molecule has 8 heteroatoms. The molecule has 1 heterocycles. The Bertz CT molecular complexity index is 1190. The van der Waals surface area contributed by atoms with Crippen LogP contribution in [-0.2, 0) is 4.79 Å². The average molecular weight is 448 g/mol. The lowest BCUT2D eigenvalue weighted by Crippen LogP contribution is -2.37. The zero-order valence-electron chi connectivity index (χ0n) is 15.0. The highest BCUT2D eigenvalue weighted by Crippen LogP contribution is 2.28. The lowest BCUT2D eigenvalue weighted by Gasteiger charge is -2.26. The van der Waals surface area contributed by atoms with Crippen molar-refractivity contribution < 1.29 is 4.79 Å². The zero-order valence-corrected chi connectivity index (χ0v) is 18.1. The largest absolute Gasteiger partial charge is 0.337 e. The Morgan fingerprint density at radius 2 is 2.00 bits per heavy atom. The number of H-pyrrole nitrogens is 1. The number of amides is 1. The molecule has 4 nitrogen and oxygen atoms in total. The van der Waals surface area contributed by atoms with Gasteiger partial charge in [-0.3, -0.25) is 4.79 Å². The summed E-state index contributed by atoms with van der Waals surface area (Å²) in [5.41, 5.74) is 2.26. The molecule has 1 N–H and O–H groups in total. The molecule has 3 aromatic rings. The first-order valence-corrected chi connectivity index (χ1v) is 10.3. The minimum Gasteiger partial charge on any atom is -0.337 e. The van der Waals surface area contributed by atoms with Gasteiger partial charge in [-0.15, -0.1) is 11.3 Å². The Kier molecular flexibility index (Phi) is 6.21. The third kappa shape index (κ3) is 4.29. The number of nitrogens with one attached hydrogen (secondary N) is 1. The SMILES string of the molecule is CC(C)N(C(=O)/C(C#N)=C\c1ccc(Cl)c(Cl)c1)c1ccc2[nH]c(=S)sc2c1. The van der Waals surface area contributed by atoms with E-state index >= 15 is 0 Å². The van der Waals surface area contributed by atoms with E-state index in [-0.39, 0.29) is 17.5 Å². The van der Waals surface area contributed by atoms with Crippen LogP contribution in [0.4, 0.5) is 5.69 Å². The number of aromatic amines is 1. The van der Waals surface area contributed by atoms with Crippen LogP contribution < -0.4 is 4.90 Å². The van der Waals surface area contributed by atoms with Crippen LogP contribution in [0.15, 0.2) is 42.0 Å². The fraction of sp³-hybridized carbons (Fsp3) is 0.150. The molecule has 0 saturated heterocycles. The van der Waals surface area contributed by atoms with Crippen molar-refractivity contribution in [3.05, 3.63) is 61.5 Å². The summed E-state index contributed by atoms with van der Waals surface area (Å²) in [5, 5.41) is 10.4. The van der Waals surface area contributed by atoms with Gasteiger partial charge in [0.1, 0.15) is 11.6 Å². The second-order valence-electron chi connectivity index (χ2n) is 6.31. The number of aromatic nitrogens is 1. The van der Waals surface area contributed by atoms with Gasteiger partial charge < -0.3 is 9.88 Å². The molecule has 0 spiro atoms. The van der Waals surface area contributed by atoms with Crippen LogP contribution in [0.3, 0.4) is 0 Å². The van der Waals surface area contributed by atoms with E-state index in [1.807, 2.05) is 38.1 Å². The van der Waals surface area contributed by atoms with E-state index in [4.69, 9.17) is 35.4 Å². The van der Waals surface area contributed by atoms with Crippen molar-refractivity contribution in [1.29, 1.82) is 5.26 Å². The number of hydrogen-bond acceptors (Lipinski definition) is 4. The molecule has 3 rings (SSSR count). The highest BCUT2D eigenvalue weighted by Gasteiger charge is 2.23. The van der Waals surface area contributed by atoms with Crippen LogP contribution in [0, 0.1) is 15.3 Å². The fourth-order valence-electron chi connectivity index (χ4n) is 2.77. The van der Waals surface area contributed by atoms with Crippen molar-refractivity contribution in [3.63, 3.8) is 0 Å². The summed E-state index contributed by atoms with van der Waals surface area (Å²) in [6.07, 6.45) is 1.51. The Labute approximate surface area is 181 Å². The summed E-state index contributed by atoms with van der Waals surface area (Å²) in [6.45, 7) is 3.80. The molecule has 0 aliphatic carbocycles. The maximum atomic E-state index is 13.2. The van der Waals surface area contributed by atoms with Gasteiger partial charge in [0, 0.05) is 11.7 Å². The number of thiazole rings is 1. The van der Waals surface area contributed by atoms with E-state index in [0.29, 0.717) is 25.3 Å². The summed E-state index contributed by atoms with van der Waals surface area (Å²) in [7, 11) is 0. The number of benzene rings is 2. The molecule has 0 atom stereocenters. The minimum absolute atomic E-state index is 0.00823. The number of carbonyl (C=O) groups excluding carboxylic acids is 1. The van der Waals surface area contributed by atoms with E-state index in [0.717, 1.165) is 10.2 Å². The van der Waals surface area contributed by atoms with Crippen molar-refractivity contribution in [1.82, 2.24) is 4.98 Å². The van der Waals surface area contributed by atoms with Gasteiger partial charge in [0.25, 0.3) is 5.91 Å². The fourth-order valence-corrected chi connectivity index (χ4v) is 4.23. The third-order valence-corrected chi connectivity index (χ3v) is 5.96. The van der Waals surface area contributed by atoms with Gasteiger partial charge in [-0.25, -0.2) is 0 Å². The number of carbonyl (C=O) groups is 1. The zero-order chi connectivity index (χ0) is 20.4. The molecule has 0 aliphatic heterocycles. The quantitative estimate of drug-likeness (QED) is 0.277. The highest BCUT2D eigenvalue weighted by atomic mass is 35.5. The van der Waals surface area contributed by atoms with Crippen molar-refractivity contribution in [2.45, 2.75) is 19.9 Å². The molecule has 0 aliphatic rings. The van der Waals surface area contributed by atoms with Gasteiger partial charge in [-0.05, 0) is 68.0 Å². The van der Waals surface area contributed by atoms with Crippen molar-refractivity contribution in [2.75, 3.05) is 4.90 Å². The second kappa shape index (κ2) is 8.46. The number of nitrogens with zero attached hydrogens (tertiary/aromatic N) is 2. The Balaban J connectivity index is 2.02. The van der Waals surface area contributed by atoms with Gasteiger partial charge in [0.05, 0.1) is 20.3 Å². The standard InChI is InChI=1S/C20H15Cl2N3OS2/c1-11(2)25(14-4-6-17-18(9-14)28-20(27)24-17)19(26)13(10-23)7-12-3-5-15(21)16(22)8-12/h3-9,11H,1-2H3,(H,24,27)/b13-7-. The van der Waals surface area contributed by atoms with Crippen molar-refractivity contribution in [3.8, 4) is 6.07 Å². The summed E-state index contributed by atoms with van der Waals surface area (Å²) in [6, 6.07) is 12.4. The van der Waals surface area contributed by atoms with E-state index < -0.39 is 0 Å². The number of nitriles is 1. The molecular formula is C20H15Cl2N3OS2. The number of fused-ring (bicyclic) bond motifs is 1. The first-order valence-electron chi connectivity index (χ1n) is 8.33. The van der Waals surface area contributed by atoms with E-state index in [1.54, 1.807) is 23.1 Å². The highest BCUT2D eigenvalue weighted by molar-refractivity contribution is 7.73. The molecule has 1 aromatic heterocycles. The number of halogens is 2. The number of hydrogen-bond donors (Lipinski definition) is 1. The normalized spacial score (nSPS) is 11.6. The third-order valence-electron chi connectivity index (χ3n) is 4.02. The molecule has 0 radical (unpaired) electrons. The maximum absolute atomic E-state index is 13.2. The van der Waals surface area contributed by atoms with Crippen LogP contribution in [-0.4, -0.2) is 16.9 Å². The smallest absolute Gasteiger partial charge is 0.269 e. The first-order chi connectivity index (χ1) is 13.3. The average Bonchev–Trinajstić information content (AvgIpc) is 3.01. The summed E-state index contributed by atoms with van der Waals surface area (Å²) < 4.78 is 1.62. The van der Waals surface area contributed by atoms with Gasteiger partial charge in [0.15, 0.2) is 3.95 Å².